The molecule has 0 saturated heterocycles. The molecule has 0 amide bonds. The molecular formula is C24H17F2NO. The van der Waals surface area contributed by atoms with Crippen LogP contribution in [0.5, 0.6) is 0 Å². The lowest BCUT2D eigenvalue weighted by Gasteiger charge is -2.10. The second-order valence-corrected chi connectivity index (χ2v) is 6.56. The van der Waals surface area contributed by atoms with Crippen molar-refractivity contribution < 1.29 is 8.78 Å². The molecule has 0 aliphatic carbocycles. The molecule has 4 aromatic rings. The average molecular weight is 373 g/mol. The van der Waals surface area contributed by atoms with E-state index < -0.39 is 11.6 Å². The van der Waals surface area contributed by atoms with Crippen LogP contribution in [0.25, 0.3) is 22.3 Å². The smallest absolute Gasteiger partial charge is 0.250 e. The first-order valence-electron chi connectivity index (χ1n) is 8.90. The minimum absolute atomic E-state index is 0.0425. The molecule has 0 atom stereocenters. The van der Waals surface area contributed by atoms with Crippen LogP contribution in [0.1, 0.15) is 5.56 Å². The van der Waals surface area contributed by atoms with E-state index in [1.807, 2.05) is 54.6 Å². The number of rotatable bonds is 4. The summed E-state index contributed by atoms with van der Waals surface area (Å²) in [5.74, 6) is -1.30. The summed E-state index contributed by atoms with van der Waals surface area (Å²) in [4.78, 5) is 12.2. The largest absolute Gasteiger partial charge is 0.310 e. The zero-order valence-corrected chi connectivity index (χ0v) is 15.0. The number of aromatic nitrogens is 1. The predicted molar refractivity (Wildman–Crippen MR) is 107 cm³/mol. The maximum Gasteiger partial charge on any atom is 0.250 e. The van der Waals surface area contributed by atoms with Gasteiger partial charge in [0, 0.05) is 23.9 Å². The molecule has 4 rings (SSSR count). The lowest BCUT2D eigenvalue weighted by molar-refractivity contribution is 0.564. The molecule has 0 saturated carbocycles. The molecule has 0 aliphatic rings. The van der Waals surface area contributed by atoms with Crippen LogP contribution >= 0.6 is 0 Å². The van der Waals surface area contributed by atoms with Crippen LogP contribution in [0.2, 0.25) is 0 Å². The molecule has 3 aromatic carbocycles. The highest BCUT2D eigenvalue weighted by Crippen LogP contribution is 2.24. The van der Waals surface area contributed by atoms with E-state index in [2.05, 4.69) is 0 Å². The van der Waals surface area contributed by atoms with Gasteiger partial charge in [-0.25, -0.2) is 8.78 Å². The van der Waals surface area contributed by atoms with Crippen molar-refractivity contribution in [3.05, 3.63) is 119 Å². The highest BCUT2D eigenvalue weighted by atomic mass is 19.1. The van der Waals surface area contributed by atoms with Gasteiger partial charge in [0.15, 0.2) is 0 Å². The molecule has 138 valence electrons. The van der Waals surface area contributed by atoms with E-state index in [1.54, 1.807) is 12.3 Å². The summed E-state index contributed by atoms with van der Waals surface area (Å²) in [5, 5.41) is 0. The first kappa shape index (κ1) is 17.9. The first-order valence-corrected chi connectivity index (χ1v) is 8.90. The third kappa shape index (κ3) is 3.76. The first-order chi connectivity index (χ1) is 13.6. The summed E-state index contributed by atoms with van der Waals surface area (Å²) in [7, 11) is 0. The van der Waals surface area contributed by atoms with E-state index in [0.29, 0.717) is 0 Å². The molecule has 0 bridgehead atoms. The fourth-order valence-electron chi connectivity index (χ4n) is 3.14. The van der Waals surface area contributed by atoms with Gasteiger partial charge in [-0.1, -0.05) is 60.7 Å². The zero-order chi connectivity index (χ0) is 19.5. The van der Waals surface area contributed by atoms with E-state index in [0.717, 1.165) is 28.3 Å². The molecule has 0 aliphatic heterocycles. The zero-order valence-electron chi connectivity index (χ0n) is 15.0. The van der Waals surface area contributed by atoms with Gasteiger partial charge in [-0.3, -0.25) is 4.79 Å². The van der Waals surface area contributed by atoms with Crippen LogP contribution in [0.4, 0.5) is 8.78 Å². The number of benzene rings is 3. The maximum atomic E-state index is 13.9. The van der Waals surface area contributed by atoms with Crippen LogP contribution in [-0.2, 0) is 6.54 Å². The maximum absolute atomic E-state index is 13.9. The fourth-order valence-corrected chi connectivity index (χ4v) is 3.14. The van der Waals surface area contributed by atoms with E-state index in [1.165, 1.54) is 22.8 Å². The molecule has 4 heteroatoms. The molecule has 1 aromatic heterocycles. The minimum Gasteiger partial charge on any atom is -0.310 e. The third-order valence-electron chi connectivity index (χ3n) is 4.66. The van der Waals surface area contributed by atoms with E-state index >= 15 is 0 Å². The second kappa shape index (κ2) is 7.61. The molecular weight excluding hydrogens is 356 g/mol. The van der Waals surface area contributed by atoms with Gasteiger partial charge < -0.3 is 4.57 Å². The number of nitrogens with zero attached hydrogens (tertiary/aromatic N) is 1. The van der Waals surface area contributed by atoms with Crippen molar-refractivity contribution >= 4 is 0 Å². The quantitative estimate of drug-likeness (QED) is 0.462. The Bertz CT molecular complexity index is 1170. The van der Waals surface area contributed by atoms with Crippen LogP contribution in [0, 0.1) is 11.6 Å². The van der Waals surface area contributed by atoms with Gasteiger partial charge in [-0.15, -0.1) is 0 Å². The fraction of sp³-hybridized carbons (Fsp3) is 0.0417. The Hall–Kier alpha value is -3.53. The van der Waals surface area contributed by atoms with Crippen molar-refractivity contribution in [2.75, 3.05) is 0 Å². The lowest BCUT2D eigenvalue weighted by atomic mass is 10.0. The van der Waals surface area contributed by atoms with E-state index in [-0.39, 0.29) is 17.7 Å². The van der Waals surface area contributed by atoms with E-state index in [9.17, 15) is 13.6 Å². The van der Waals surface area contributed by atoms with Gasteiger partial charge in [-0.05, 0) is 34.4 Å². The summed E-state index contributed by atoms with van der Waals surface area (Å²) < 4.78 is 28.5. The van der Waals surface area contributed by atoms with Gasteiger partial charge in [0.25, 0.3) is 5.56 Å². The van der Waals surface area contributed by atoms with Gasteiger partial charge in [0.1, 0.15) is 11.6 Å². The lowest BCUT2D eigenvalue weighted by Crippen LogP contribution is -2.19. The third-order valence-corrected chi connectivity index (χ3v) is 4.66. The second-order valence-electron chi connectivity index (χ2n) is 6.56. The highest BCUT2D eigenvalue weighted by Gasteiger charge is 2.08. The average Bonchev–Trinajstić information content (AvgIpc) is 2.72. The van der Waals surface area contributed by atoms with Gasteiger partial charge in [0.05, 0.1) is 6.54 Å². The number of hydrogen-bond donors (Lipinski definition) is 0. The van der Waals surface area contributed by atoms with E-state index in [4.69, 9.17) is 0 Å². The number of halogens is 2. The van der Waals surface area contributed by atoms with Crippen molar-refractivity contribution in [2.24, 2.45) is 0 Å². The summed E-state index contributed by atoms with van der Waals surface area (Å²) in [6.45, 7) is 0.0425. The molecule has 1 heterocycles. The van der Waals surface area contributed by atoms with Gasteiger partial charge in [0.2, 0.25) is 0 Å². The number of pyridine rings is 1. The minimum atomic E-state index is -0.662. The standard InChI is InChI=1S/C24H17F2NO/c25-22-12-10-21(23(26)14-22)16-27-15-20(11-13-24(27)28)19-8-6-18(7-9-19)17-4-2-1-3-5-17/h1-15H,16H2. The van der Waals surface area contributed by atoms with Gasteiger partial charge >= 0.3 is 0 Å². The molecule has 28 heavy (non-hydrogen) atoms. The molecule has 0 fully saturated rings. The Morgan fingerprint density at radius 1 is 0.679 bits per heavy atom. The normalized spacial score (nSPS) is 10.8. The van der Waals surface area contributed by atoms with Crippen LogP contribution in [-0.4, -0.2) is 4.57 Å². The predicted octanol–water partition coefficient (Wildman–Crippen LogP) is 5.51. The molecule has 0 radical (unpaired) electrons. The van der Waals surface area contributed by atoms with Crippen molar-refractivity contribution in [2.45, 2.75) is 6.54 Å². The molecule has 2 nitrogen and oxygen atoms in total. The Labute approximate surface area is 161 Å². The summed E-state index contributed by atoms with van der Waals surface area (Å²) in [6, 6.07) is 24.7. The highest BCUT2D eigenvalue weighted by molar-refractivity contribution is 5.69. The van der Waals surface area contributed by atoms with Gasteiger partial charge in [-0.2, -0.15) is 0 Å². The Morgan fingerprint density at radius 2 is 1.29 bits per heavy atom. The van der Waals surface area contributed by atoms with Crippen molar-refractivity contribution in [3.63, 3.8) is 0 Å². The SMILES string of the molecule is O=c1ccc(-c2ccc(-c3ccccc3)cc2)cn1Cc1ccc(F)cc1F. The van der Waals surface area contributed by atoms with Crippen LogP contribution in [0.3, 0.4) is 0 Å². The molecule has 0 spiro atoms. The molecule has 0 N–H and O–H groups in total. The Balaban J connectivity index is 1.64. The van der Waals surface area contributed by atoms with Crippen LogP contribution in [0.15, 0.2) is 95.9 Å². The van der Waals surface area contributed by atoms with Crippen molar-refractivity contribution in [1.82, 2.24) is 4.57 Å². The Kier molecular flexibility index (Phi) is 4.85. The van der Waals surface area contributed by atoms with Crippen molar-refractivity contribution in [3.8, 4) is 22.3 Å². The van der Waals surface area contributed by atoms with Crippen LogP contribution < -0.4 is 5.56 Å². The Morgan fingerprint density at radius 3 is 1.96 bits per heavy atom. The summed E-state index contributed by atoms with van der Waals surface area (Å²) in [6.07, 6.45) is 1.70. The summed E-state index contributed by atoms with van der Waals surface area (Å²) >= 11 is 0. The summed E-state index contributed by atoms with van der Waals surface area (Å²) in [5.41, 5.74) is 4.06. The monoisotopic (exact) mass is 373 g/mol. The topological polar surface area (TPSA) is 22.0 Å². The number of hydrogen-bond acceptors (Lipinski definition) is 1. The van der Waals surface area contributed by atoms with Crippen molar-refractivity contribution in [1.29, 1.82) is 0 Å². The molecule has 0 unspecified atom stereocenters.